The number of alkyl halides is 3. The van der Waals surface area contributed by atoms with E-state index in [2.05, 4.69) is 0 Å². The van der Waals surface area contributed by atoms with E-state index in [1.165, 1.54) is 44.6 Å². The summed E-state index contributed by atoms with van der Waals surface area (Å²) in [5.74, 6) is -1.63. The van der Waals surface area contributed by atoms with Crippen molar-refractivity contribution in [3.05, 3.63) is 52.4 Å². The first-order chi connectivity index (χ1) is 14.7. The summed E-state index contributed by atoms with van der Waals surface area (Å²) in [5.41, 5.74) is -1.89. The Bertz CT molecular complexity index is 1220. The first-order valence-electron chi connectivity index (χ1n) is 9.35. The Labute approximate surface area is 174 Å². The van der Waals surface area contributed by atoms with Crippen LogP contribution in [0.1, 0.15) is 18.6 Å². The lowest BCUT2D eigenvalue weighted by Crippen LogP contribution is -2.16. The zero-order valence-electron chi connectivity index (χ0n) is 16.5. The van der Waals surface area contributed by atoms with Crippen molar-refractivity contribution in [3.63, 3.8) is 0 Å². The molecule has 1 saturated carbocycles. The molecule has 0 aliphatic heterocycles. The molecule has 1 aromatic heterocycles. The van der Waals surface area contributed by atoms with Gasteiger partial charge < -0.3 is 18.6 Å². The van der Waals surface area contributed by atoms with E-state index in [4.69, 9.17) is 18.6 Å². The molecule has 0 amide bonds. The van der Waals surface area contributed by atoms with Crippen molar-refractivity contribution in [2.75, 3.05) is 14.2 Å². The molecule has 1 heterocycles. The first-order valence-corrected chi connectivity index (χ1v) is 9.35. The van der Waals surface area contributed by atoms with Crippen LogP contribution in [0.5, 0.6) is 17.2 Å². The molecule has 4 rings (SSSR count). The van der Waals surface area contributed by atoms with Crippen LogP contribution in [-0.4, -0.2) is 20.2 Å². The molecule has 9 heteroatoms. The van der Waals surface area contributed by atoms with Gasteiger partial charge in [-0.15, -0.1) is 0 Å². The fourth-order valence-corrected chi connectivity index (χ4v) is 3.21. The molecule has 0 unspecified atom stereocenters. The van der Waals surface area contributed by atoms with Crippen LogP contribution in [0.3, 0.4) is 0 Å². The molecule has 0 atom stereocenters. The molecule has 3 aromatic rings. The molecule has 0 N–H and O–H groups in total. The highest BCUT2D eigenvalue weighted by Gasteiger charge is 2.39. The normalized spacial score (nSPS) is 13.8. The Hall–Kier alpha value is -3.49. The average molecular weight is 434 g/mol. The largest absolute Gasteiger partial charge is 0.493 e. The van der Waals surface area contributed by atoms with Gasteiger partial charge in [-0.1, -0.05) is 6.07 Å². The molecular formula is C22H17F3O6. The number of carbonyl (C=O) groups excluding carboxylic acids is 1. The highest BCUT2D eigenvalue weighted by atomic mass is 19.4. The predicted octanol–water partition coefficient (Wildman–Crippen LogP) is 4.81. The van der Waals surface area contributed by atoms with Crippen molar-refractivity contribution in [1.82, 2.24) is 0 Å². The van der Waals surface area contributed by atoms with E-state index in [1.807, 2.05) is 0 Å². The number of methoxy groups -OCH3 is 2. The van der Waals surface area contributed by atoms with Crippen molar-refractivity contribution in [1.29, 1.82) is 0 Å². The smallest absolute Gasteiger partial charge is 0.450 e. The Morgan fingerprint density at radius 2 is 1.74 bits per heavy atom. The Morgan fingerprint density at radius 1 is 1.03 bits per heavy atom. The van der Waals surface area contributed by atoms with Crippen LogP contribution in [-0.2, 0) is 11.0 Å². The summed E-state index contributed by atoms with van der Waals surface area (Å²) >= 11 is 0. The number of fused-ring (bicyclic) bond motifs is 1. The molecule has 0 saturated heterocycles. The fourth-order valence-electron chi connectivity index (χ4n) is 3.21. The zero-order chi connectivity index (χ0) is 22.3. The lowest BCUT2D eigenvalue weighted by atomic mass is 10.0. The molecule has 162 valence electrons. The van der Waals surface area contributed by atoms with E-state index < -0.39 is 28.9 Å². The monoisotopic (exact) mass is 434 g/mol. The number of ether oxygens (including phenoxy) is 3. The lowest BCUT2D eigenvalue weighted by Gasteiger charge is -2.15. The molecule has 1 fully saturated rings. The molecule has 1 aliphatic rings. The Morgan fingerprint density at radius 3 is 2.35 bits per heavy atom. The average Bonchev–Trinajstić information content (AvgIpc) is 3.58. The first kappa shape index (κ1) is 20.8. The van der Waals surface area contributed by atoms with E-state index in [1.54, 1.807) is 0 Å². The summed E-state index contributed by atoms with van der Waals surface area (Å²) in [4.78, 5) is 24.9. The fraction of sp³-hybridized carbons (Fsp3) is 0.273. The van der Waals surface area contributed by atoms with Crippen LogP contribution in [0.25, 0.3) is 22.1 Å². The van der Waals surface area contributed by atoms with E-state index >= 15 is 0 Å². The molecule has 1 aliphatic carbocycles. The van der Waals surface area contributed by atoms with Gasteiger partial charge in [0.25, 0.3) is 0 Å². The van der Waals surface area contributed by atoms with E-state index in [0.29, 0.717) is 18.6 Å². The third-order valence-electron chi connectivity index (χ3n) is 4.92. The van der Waals surface area contributed by atoms with Gasteiger partial charge in [0.15, 0.2) is 11.5 Å². The maximum Gasteiger partial charge on any atom is 0.450 e. The van der Waals surface area contributed by atoms with E-state index in [-0.39, 0.29) is 33.9 Å². The second-order valence-electron chi connectivity index (χ2n) is 7.06. The van der Waals surface area contributed by atoms with Gasteiger partial charge in [-0.05, 0) is 42.7 Å². The van der Waals surface area contributed by atoms with Gasteiger partial charge in [0.2, 0.25) is 11.2 Å². The minimum absolute atomic E-state index is 0.0135. The van der Waals surface area contributed by atoms with Gasteiger partial charge >= 0.3 is 12.1 Å². The Kier molecular flexibility index (Phi) is 5.12. The summed E-state index contributed by atoms with van der Waals surface area (Å²) in [7, 11) is 2.72. The molecule has 31 heavy (non-hydrogen) atoms. The standard InChI is InChI=1S/C22H17F3O6/c1-28-15-8-5-12(9-17(15)29-2)18-19(26)14-7-6-13(30-21(27)11-3-4-11)10-16(14)31-20(18)22(23,24)25/h5-11H,3-4H2,1-2H3. The topological polar surface area (TPSA) is 75.0 Å². The third-order valence-corrected chi connectivity index (χ3v) is 4.92. The summed E-state index contributed by atoms with van der Waals surface area (Å²) in [6.07, 6.45) is -3.51. The van der Waals surface area contributed by atoms with Crippen molar-refractivity contribution in [3.8, 4) is 28.4 Å². The van der Waals surface area contributed by atoms with Gasteiger partial charge in [-0.3, -0.25) is 9.59 Å². The molecule has 0 bridgehead atoms. The number of hydrogen-bond acceptors (Lipinski definition) is 6. The molecule has 0 spiro atoms. The number of benzene rings is 2. The van der Waals surface area contributed by atoms with Crippen molar-refractivity contribution < 1.29 is 36.6 Å². The highest BCUT2D eigenvalue weighted by molar-refractivity contribution is 5.85. The predicted molar refractivity (Wildman–Crippen MR) is 104 cm³/mol. The van der Waals surface area contributed by atoms with Gasteiger partial charge in [-0.2, -0.15) is 13.2 Å². The summed E-state index contributed by atoms with van der Waals surface area (Å²) in [5, 5.41) is -0.0796. The molecule has 0 radical (unpaired) electrons. The minimum atomic E-state index is -4.95. The number of carbonyl (C=O) groups is 1. The number of esters is 1. The second-order valence-corrected chi connectivity index (χ2v) is 7.06. The molecule has 2 aromatic carbocycles. The maximum absolute atomic E-state index is 13.8. The minimum Gasteiger partial charge on any atom is -0.493 e. The van der Waals surface area contributed by atoms with Crippen LogP contribution in [0.4, 0.5) is 13.2 Å². The van der Waals surface area contributed by atoms with Crippen LogP contribution >= 0.6 is 0 Å². The van der Waals surface area contributed by atoms with Crippen LogP contribution < -0.4 is 19.6 Å². The SMILES string of the molecule is COc1ccc(-c2c(C(F)(F)F)oc3cc(OC(=O)C4CC4)ccc3c2=O)cc1OC. The second kappa shape index (κ2) is 7.64. The highest BCUT2D eigenvalue weighted by Crippen LogP contribution is 2.40. The van der Waals surface area contributed by atoms with Crippen LogP contribution in [0.15, 0.2) is 45.6 Å². The molecule has 6 nitrogen and oxygen atoms in total. The lowest BCUT2D eigenvalue weighted by molar-refractivity contribution is -0.152. The van der Waals surface area contributed by atoms with Crippen molar-refractivity contribution in [2.24, 2.45) is 5.92 Å². The van der Waals surface area contributed by atoms with Crippen molar-refractivity contribution >= 4 is 16.9 Å². The van der Waals surface area contributed by atoms with Gasteiger partial charge in [-0.25, -0.2) is 0 Å². The quantitative estimate of drug-likeness (QED) is 0.424. The third kappa shape index (κ3) is 3.95. The summed E-state index contributed by atoms with van der Waals surface area (Å²) in [6.45, 7) is 0. The number of halogens is 3. The molecular weight excluding hydrogens is 417 g/mol. The zero-order valence-corrected chi connectivity index (χ0v) is 16.5. The van der Waals surface area contributed by atoms with Gasteiger partial charge in [0.1, 0.15) is 11.3 Å². The number of rotatable bonds is 5. The van der Waals surface area contributed by atoms with Gasteiger partial charge in [0.05, 0.1) is 31.1 Å². The summed E-state index contributed by atoms with van der Waals surface area (Å²) < 4.78 is 62.0. The van der Waals surface area contributed by atoms with E-state index in [0.717, 1.165) is 6.07 Å². The Balaban J connectivity index is 1.89. The van der Waals surface area contributed by atoms with E-state index in [9.17, 15) is 22.8 Å². The van der Waals surface area contributed by atoms with Crippen molar-refractivity contribution in [2.45, 2.75) is 19.0 Å². The summed E-state index contributed by atoms with van der Waals surface area (Å²) in [6, 6.07) is 7.74. The van der Waals surface area contributed by atoms with Gasteiger partial charge in [0, 0.05) is 6.07 Å². The number of hydrogen-bond donors (Lipinski definition) is 0. The van der Waals surface area contributed by atoms with Crippen LogP contribution in [0.2, 0.25) is 0 Å². The van der Waals surface area contributed by atoms with Crippen LogP contribution in [0, 0.1) is 5.92 Å². The maximum atomic E-state index is 13.8.